The fraction of sp³-hybridized carbons (Fsp3) is 0.441. The first-order chi connectivity index (χ1) is 20.1. The highest BCUT2D eigenvalue weighted by Gasteiger charge is 2.80. The molecule has 8 nitrogen and oxygen atoms in total. The molecular formula is C34H41N3O5. The molecule has 0 aromatic heterocycles. The average molecular weight is 572 g/mol. The molecule has 0 aliphatic carbocycles. The Kier molecular flexibility index (Phi) is 7.89. The van der Waals surface area contributed by atoms with Crippen LogP contribution < -0.4 is 9.80 Å². The van der Waals surface area contributed by atoms with Crippen molar-refractivity contribution in [2.24, 2.45) is 17.8 Å². The second-order valence-electron chi connectivity index (χ2n) is 12.0. The molecule has 3 unspecified atom stereocenters. The van der Waals surface area contributed by atoms with Gasteiger partial charge in [0.25, 0.3) is 5.91 Å². The molecule has 1 N–H and O–H groups in total. The predicted molar refractivity (Wildman–Crippen MR) is 163 cm³/mol. The van der Waals surface area contributed by atoms with Crippen molar-refractivity contribution in [3.8, 4) is 0 Å². The fourth-order valence-corrected chi connectivity index (χ4v) is 7.77. The Morgan fingerprint density at radius 2 is 1.64 bits per heavy atom. The van der Waals surface area contributed by atoms with Gasteiger partial charge in [-0.05, 0) is 56.4 Å². The van der Waals surface area contributed by atoms with Crippen molar-refractivity contribution in [2.45, 2.75) is 51.4 Å². The molecule has 222 valence electrons. The van der Waals surface area contributed by atoms with E-state index in [0.29, 0.717) is 12.1 Å². The number of carbonyl (C=O) groups is 3. The van der Waals surface area contributed by atoms with Gasteiger partial charge < -0.3 is 24.5 Å². The zero-order chi connectivity index (χ0) is 30.4. The Morgan fingerprint density at radius 3 is 2.24 bits per heavy atom. The van der Waals surface area contributed by atoms with Crippen molar-refractivity contribution < 1.29 is 24.2 Å². The third-order valence-electron chi connectivity index (χ3n) is 9.59. The van der Waals surface area contributed by atoms with Crippen LogP contribution in [0.3, 0.4) is 0 Å². The molecule has 3 saturated heterocycles. The second kappa shape index (κ2) is 11.2. The van der Waals surface area contributed by atoms with Gasteiger partial charge in [0.15, 0.2) is 0 Å². The lowest BCUT2D eigenvalue weighted by Crippen LogP contribution is -2.57. The highest BCUT2D eigenvalue weighted by Crippen LogP contribution is 2.65. The van der Waals surface area contributed by atoms with E-state index in [1.54, 1.807) is 22.0 Å². The summed E-state index contributed by atoms with van der Waals surface area (Å²) in [6.07, 6.45) is 3.78. The van der Waals surface area contributed by atoms with Crippen LogP contribution in [0.15, 0.2) is 73.8 Å². The van der Waals surface area contributed by atoms with Crippen molar-refractivity contribution in [3.63, 3.8) is 0 Å². The number of fused-ring (bicyclic) bond motifs is 1. The number of nitrogens with zero attached hydrogens (tertiary/aromatic N) is 3. The molecule has 3 aliphatic rings. The van der Waals surface area contributed by atoms with Crippen LogP contribution in [0.5, 0.6) is 0 Å². The minimum absolute atomic E-state index is 0.0351. The van der Waals surface area contributed by atoms with E-state index in [1.807, 2.05) is 76.2 Å². The van der Waals surface area contributed by atoms with Gasteiger partial charge in [-0.3, -0.25) is 14.4 Å². The number of aryl methyl sites for hydroxylation is 2. The number of rotatable bonds is 10. The third kappa shape index (κ3) is 4.31. The highest BCUT2D eigenvalue weighted by atomic mass is 16.5. The number of likely N-dealkylation sites (tertiary alicyclic amines) is 1. The Labute approximate surface area is 248 Å². The first-order valence-corrected chi connectivity index (χ1v) is 14.6. The number of aliphatic hydroxyl groups is 1. The van der Waals surface area contributed by atoms with Crippen LogP contribution >= 0.6 is 0 Å². The molecule has 5 rings (SSSR count). The molecule has 6 atom stereocenters. The van der Waals surface area contributed by atoms with Gasteiger partial charge in [-0.1, -0.05) is 55.5 Å². The highest BCUT2D eigenvalue weighted by molar-refractivity contribution is 6.07. The molecule has 1 spiro atoms. The van der Waals surface area contributed by atoms with E-state index in [0.717, 1.165) is 16.8 Å². The van der Waals surface area contributed by atoms with Crippen molar-refractivity contribution in [3.05, 3.63) is 85.0 Å². The van der Waals surface area contributed by atoms with Crippen LogP contribution in [0.25, 0.3) is 0 Å². The summed E-state index contributed by atoms with van der Waals surface area (Å²) in [5, 5.41) is 10.0. The van der Waals surface area contributed by atoms with Gasteiger partial charge in [0, 0.05) is 31.0 Å². The van der Waals surface area contributed by atoms with Gasteiger partial charge in [-0.25, -0.2) is 0 Å². The standard InChI is InChI=1S/C34H41N3O5/c1-7-17-35(25-15-10-9-11-16-25)30(39)26-27-31(40)37(19-20-38)29(34(27)21-24(5)33(26,6)42-34)32(41)36(18-8-2)28-22(3)13-12-14-23(28)4/h7-16,24,26-27,29,38H,1-2,17-21H2,3-6H3/t24?,26-,27+,29?,33+,34?/m1/s1. The van der Waals surface area contributed by atoms with Gasteiger partial charge in [0.1, 0.15) is 11.6 Å². The summed E-state index contributed by atoms with van der Waals surface area (Å²) in [5.74, 6) is -2.65. The number of carbonyl (C=O) groups excluding carboxylic acids is 3. The largest absolute Gasteiger partial charge is 0.395 e. The number of amides is 3. The maximum absolute atomic E-state index is 14.8. The van der Waals surface area contributed by atoms with Gasteiger partial charge in [0.05, 0.1) is 24.0 Å². The second-order valence-corrected chi connectivity index (χ2v) is 12.0. The summed E-state index contributed by atoms with van der Waals surface area (Å²) >= 11 is 0. The number of anilines is 2. The third-order valence-corrected chi connectivity index (χ3v) is 9.59. The van der Waals surface area contributed by atoms with E-state index >= 15 is 0 Å². The summed E-state index contributed by atoms with van der Waals surface area (Å²) in [7, 11) is 0. The summed E-state index contributed by atoms with van der Waals surface area (Å²) in [6, 6.07) is 14.2. The number of hydrogen-bond donors (Lipinski definition) is 1. The lowest BCUT2D eigenvalue weighted by molar-refractivity contribution is -0.146. The summed E-state index contributed by atoms with van der Waals surface area (Å²) < 4.78 is 6.90. The summed E-state index contributed by atoms with van der Waals surface area (Å²) in [6.45, 7) is 15.7. The molecule has 42 heavy (non-hydrogen) atoms. The van der Waals surface area contributed by atoms with Gasteiger partial charge in [0.2, 0.25) is 11.8 Å². The van der Waals surface area contributed by atoms with Crippen LogP contribution in [0.4, 0.5) is 11.4 Å². The number of hydrogen-bond acceptors (Lipinski definition) is 5. The van der Waals surface area contributed by atoms with Crippen LogP contribution in [0, 0.1) is 31.6 Å². The van der Waals surface area contributed by atoms with Gasteiger partial charge >= 0.3 is 0 Å². The zero-order valence-electron chi connectivity index (χ0n) is 25.0. The van der Waals surface area contributed by atoms with Crippen LogP contribution in [-0.2, 0) is 19.1 Å². The molecule has 0 radical (unpaired) electrons. The Balaban J connectivity index is 1.63. The first-order valence-electron chi connectivity index (χ1n) is 14.6. The molecule has 2 aromatic carbocycles. The van der Waals surface area contributed by atoms with Crippen molar-refractivity contribution in [1.82, 2.24) is 4.90 Å². The minimum atomic E-state index is -1.22. The molecule has 8 heteroatoms. The maximum Gasteiger partial charge on any atom is 0.253 e. The average Bonchev–Trinajstić information content (AvgIpc) is 3.47. The monoisotopic (exact) mass is 571 g/mol. The molecule has 3 fully saturated rings. The minimum Gasteiger partial charge on any atom is -0.395 e. The van der Waals surface area contributed by atoms with Gasteiger partial charge in [-0.2, -0.15) is 0 Å². The van der Waals surface area contributed by atoms with Crippen LogP contribution in [0.2, 0.25) is 0 Å². The van der Waals surface area contributed by atoms with E-state index in [4.69, 9.17) is 4.74 Å². The van der Waals surface area contributed by atoms with Crippen molar-refractivity contribution in [2.75, 3.05) is 36.0 Å². The van der Waals surface area contributed by atoms with E-state index in [-0.39, 0.29) is 49.9 Å². The molecule has 3 amide bonds. The van der Waals surface area contributed by atoms with Crippen LogP contribution in [0.1, 0.15) is 31.4 Å². The Morgan fingerprint density at radius 1 is 1.02 bits per heavy atom. The predicted octanol–water partition coefficient (Wildman–Crippen LogP) is 4.04. The Hall–Kier alpha value is -3.75. The number of aliphatic hydroxyl groups excluding tert-OH is 1. The first kappa shape index (κ1) is 29.7. The topological polar surface area (TPSA) is 90.4 Å². The lowest BCUT2D eigenvalue weighted by Gasteiger charge is -2.39. The quantitative estimate of drug-likeness (QED) is 0.435. The number of β-amino-alcohol motifs (C(OH)–C–C–N with tert-alkyl or cyclic N) is 1. The molecule has 2 aromatic rings. The molecule has 3 heterocycles. The normalized spacial score (nSPS) is 29.4. The molecule has 2 bridgehead atoms. The number of para-hydroxylation sites is 2. The van der Waals surface area contributed by atoms with E-state index in [2.05, 4.69) is 13.2 Å². The number of ether oxygens (including phenoxy) is 1. The zero-order valence-corrected chi connectivity index (χ0v) is 25.0. The smallest absolute Gasteiger partial charge is 0.253 e. The lowest BCUT2D eigenvalue weighted by atomic mass is 9.62. The van der Waals surface area contributed by atoms with Crippen LogP contribution in [-0.4, -0.2) is 71.2 Å². The Bertz CT molecular complexity index is 1390. The van der Waals surface area contributed by atoms with E-state index < -0.39 is 29.1 Å². The van der Waals surface area contributed by atoms with Crippen molar-refractivity contribution in [1.29, 1.82) is 0 Å². The maximum atomic E-state index is 14.8. The van der Waals surface area contributed by atoms with E-state index in [1.165, 1.54) is 4.90 Å². The summed E-state index contributed by atoms with van der Waals surface area (Å²) in [4.78, 5) is 48.4. The fourth-order valence-electron chi connectivity index (χ4n) is 7.77. The molecule has 3 aliphatic heterocycles. The van der Waals surface area contributed by atoms with Crippen molar-refractivity contribution >= 4 is 29.1 Å². The molecule has 0 saturated carbocycles. The number of benzene rings is 2. The summed E-state index contributed by atoms with van der Waals surface area (Å²) in [5.41, 5.74) is 1.13. The van der Waals surface area contributed by atoms with E-state index in [9.17, 15) is 19.5 Å². The van der Waals surface area contributed by atoms with Gasteiger partial charge in [-0.15, -0.1) is 13.2 Å². The molecular weight excluding hydrogens is 530 g/mol. The SMILES string of the molecule is C=CCN(C(=O)[C@H]1[C@H]2C(=O)N(CCO)C(C(=O)N(CC=C)c3c(C)cccc3C)C23CC(C)[C@]1(C)O3)c1ccccc1.